The molecule has 1 heterocycles. The van der Waals surface area contributed by atoms with Crippen LogP contribution in [0.25, 0.3) is 0 Å². The molecule has 0 aliphatic carbocycles. The molecule has 3 rings (SSSR count). The van der Waals surface area contributed by atoms with Crippen LogP contribution in [0.5, 0.6) is 5.75 Å². The van der Waals surface area contributed by atoms with E-state index in [-0.39, 0.29) is 18.3 Å². The number of nitrogens with one attached hydrogen (secondary N) is 1. The van der Waals surface area contributed by atoms with Crippen LogP contribution < -0.4 is 10.1 Å². The average molecular weight is 362 g/mol. The largest absolute Gasteiger partial charge is 0.486 e. The molecule has 0 radical (unpaired) electrons. The standard InChI is InChI=1S/C18H13ClFNO2S/c19-13-4-3-5-14(9-13)21-18(22)17-8-12(11-24-17)10-23-16-7-2-1-6-15(16)20/h1-9,11H,10H2,(H,21,22). The van der Waals surface area contributed by atoms with Crippen molar-refractivity contribution in [2.24, 2.45) is 0 Å². The molecule has 0 aliphatic rings. The van der Waals surface area contributed by atoms with Crippen molar-refractivity contribution in [2.45, 2.75) is 6.61 Å². The third-order valence-corrected chi connectivity index (χ3v) is 4.40. The van der Waals surface area contributed by atoms with Crippen LogP contribution >= 0.6 is 22.9 Å². The number of carbonyl (C=O) groups is 1. The van der Waals surface area contributed by atoms with Crippen molar-refractivity contribution in [1.82, 2.24) is 0 Å². The van der Waals surface area contributed by atoms with Gasteiger partial charge in [0.05, 0.1) is 4.88 Å². The molecule has 0 saturated heterocycles. The van der Waals surface area contributed by atoms with Gasteiger partial charge in [-0.2, -0.15) is 0 Å². The molecule has 3 nitrogen and oxygen atoms in total. The second kappa shape index (κ2) is 7.47. The van der Waals surface area contributed by atoms with Crippen LogP contribution in [-0.4, -0.2) is 5.91 Å². The molecule has 0 fully saturated rings. The fourth-order valence-electron chi connectivity index (χ4n) is 2.05. The maximum absolute atomic E-state index is 13.5. The Bertz CT molecular complexity index is 865. The highest BCUT2D eigenvalue weighted by Crippen LogP contribution is 2.21. The summed E-state index contributed by atoms with van der Waals surface area (Å²) in [6.07, 6.45) is 0. The molecule has 0 aliphatic heterocycles. The molecule has 1 aromatic heterocycles. The van der Waals surface area contributed by atoms with Gasteiger partial charge in [0.1, 0.15) is 6.61 Å². The van der Waals surface area contributed by atoms with E-state index in [0.29, 0.717) is 15.6 Å². The topological polar surface area (TPSA) is 38.3 Å². The summed E-state index contributed by atoms with van der Waals surface area (Å²) in [4.78, 5) is 12.8. The van der Waals surface area contributed by atoms with Gasteiger partial charge in [0.15, 0.2) is 11.6 Å². The first-order valence-electron chi connectivity index (χ1n) is 7.13. The highest BCUT2D eigenvalue weighted by atomic mass is 35.5. The van der Waals surface area contributed by atoms with E-state index in [4.69, 9.17) is 16.3 Å². The van der Waals surface area contributed by atoms with Crippen molar-refractivity contribution in [2.75, 3.05) is 5.32 Å². The lowest BCUT2D eigenvalue weighted by molar-refractivity contribution is 0.103. The monoisotopic (exact) mass is 361 g/mol. The Morgan fingerprint density at radius 3 is 2.79 bits per heavy atom. The fraction of sp³-hybridized carbons (Fsp3) is 0.0556. The molecule has 122 valence electrons. The summed E-state index contributed by atoms with van der Waals surface area (Å²) in [6, 6.07) is 14.9. The Kier molecular flexibility index (Phi) is 5.13. The lowest BCUT2D eigenvalue weighted by atomic mass is 10.3. The van der Waals surface area contributed by atoms with E-state index in [2.05, 4.69) is 5.32 Å². The average Bonchev–Trinajstić information content (AvgIpc) is 3.03. The molecule has 2 aromatic carbocycles. The highest BCUT2D eigenvalue weighted by molar-refractivity contribution is 7.12. The van der Waals surface area contributed by atoms with Crippen molar-refractivity contribution in [3.63, 3.8) is 0 Å². The summed E-state index contributed by atoms with van der Waals surface area (Å²) in [5.41, 5.74) is 1.43. The van der Waals surface area contributed by atoms with Crippen LogP contribution in [0.15, 0.2) is 60.0 Å². The quantitative estimate of drug-likeness (QED) is 0.663. The number of amides is 1. The number of thiophene rings is 1. The summed E-state index contributed by atoms with van der Waals surface area (Å²) in [7, 11) is 0. The van der Waals surface area contributed by atoms with Gasteiger partial charge in [-0.25, -0.2) is 4.39 Å². The minimum atomic E-state index is -0.411. The maximum Gasteiger partial charge on any atom is 0.265 e. The van der Waals surface area contributed by atoms with E-state index in [0.717, 1.165) is 5.56 Å². The molecule has 0 bridgehead atoms. The van der Waals surface area contributed by atoms with Crippen LogP contribution in [-0.2, 0) is 6.61 Å². The number of anilines is 1. The Balaban J connectivity index is 1.62. The first-order chi connectivity index (χ1) is 11.6. The van der Waals surface area contributed by atoms with Gasteiger partial charge >= 0.3 is 0 Å². The minimum Gasteiger partial charge on any atom is -0.486 e. The van der Waals surface area contributed by atoms with Gasteiger partial charge in [0.2, 0.25) is 0 Å². The van der Waals surface area contributed by atoms with E-state index < -0.39 is 5.82 Å². The van der Waals surface area contributed by atoms with Crippen LogP contribution in [0.4, 0.5) is 10.1 Å². The zero-order chi connectivity index (χ0) is 16.9. The van der Waals surface area contributed by atoms with E-state index in [1.54, 1.807) is 48.5 Å². The zero-order valence-corrected chi connectivity index (χ0v) is 14.0. The molecule has 6 heteroatoms. The lowest BCUT2D eigenvalue weighted by Crippen LogP contribution is -2.10. The molecule has 1 N–H and O–H groups in total. The summed E-state index contributed by atoms with van der Waals surface area (Å²) >= 11 is 7.20. The number of halogens is 2. The SMILES string of the molecule is O=C(Nc1cccc(Cl)c1)c1cc(COc2ccccc2F)cs1. The van der Waals surface area contributed by atoms with Gasteiger partial charge < -0.3 is 10.1 Å². The number of rotatable bonds is 5. The molecule has 3 aromatic rings. The number of benzene rings is 2. The summed E-state index contributed by atoms with van der Waals surface area (Å²) in [5, 5.41) is 5.15. The number of hydrogen-bond donors (Lipinski definition) is 1. The minimum absolute atomic E-state index is 0.189. The fourth-order valence-corrected chi connectivity index (χ4v) is 3.03. The molecule has 0 saturated carbocycles. The number of hydrogen-bond acceptors (Lipinski definition) is 3. The van der Waals surface area contributed by atoms with Crippen LogP contribution in [0.2, 0.25) is 5.02 Å². The van der Waals surface area contributed by atoms with E-state index in [9.17, 15) is 9.18 Å². The molecular formula is C18H13ClFNO2S. The van der Waals surface area contributed by atoms with Crippen LogP contribution in [0, 0.1) is 5.82 Å². The smallest absolute Gasteiger partial charge is 0.265 e. The van der Waals surface area contributed by atoms with Gasteiger partial charge in [0, 0.05) is 16.3 Å². The summed E-state index contributed by atoms with van der Waals surface area (Å²) in [5.74, 6) is -0.445. The van der Waals surface area contributed by atoms with Crippen molar-refractivity contribution in [3.8, 4) is 5.75 Å². The first kappa shape index (κ1) is 16.5. The predicted molar refractivity (Wildman–Crippen MR) is 94.5 cm³/mol. The Morgan fingerprint density at radius 2 is 2.00 bits per heavy atom. The van der Waals surface area contributed by atoms with Gasteiger partial charge in [-0.05, 0) is 41.8 Å². The third kappa shape index (κ3) is 4.13. The Morgan fingerprint density at radius 1 is 1.17 bits per heavy atom. The number of carbonyl (C=O) groups excluding carboxylic acids is 1. The Hall–Kier alpha value is -2.37. The molecule has 0 spiro atoms. The van der Waals surface area contributed by atoms with E-state index >= 15 is 0 Å². The first-order valence-corrected chi connectivity index (χ1v) is 8.39. The van der Waals surface area contributed by atoms with Crippen LogP contribution in [0.3, 0.4) is 0 Å². The second-order valence-corrected chi connectivity index (χ2v) is 6.35. The van der Waals surface area contributed by atoms with Gasteiger partial charge in [-0.1, -0.05) is 29.8 Å². The lowest BCUT2D eigenvalue weighted by Gasteiger charge is -2.05. The van der Waals surface area contributed by atoms with Crippen LogP contribution in [0.1, 0.15) is 15.2 Å². The van der Waals surface area contributed by atoms with Gasteiger partial charge in [0.25, 0.3) is 5.91 Å². The van der Waals surface area contributed by atoms with Gasteiger partial charge in [-0.3, -0.25) is 4.79 Å². The molecule has 24 heavy (non-hydrogen) atoms. The van der Waals surface area contributed by atoms with E-state index in [1.807, 2.05) is 5.38 Å². The van der Waals surface area contributed by atoms with Crippen molar-refractivity contribution >= 4 is 34.5 Å². The van der Waals surface area contributed by atoms with Crippen molar-refractivity contribution in [1.29, 1.82) is 0 Å². The number of para-hydroxylation sites is 1. The molecule has 0 unspecified atom stereocenters. The van der Waals surface area contributed by atoms with Crippen molar-refractivity contribution in [3.05, 3.63) is 81.3 Å². The third-order valence-electron chi connectivity index (χ3n) is 3.19. The zero-order valence-electron chi connectivity index (χ0n) is 12.5. The molecule has 0 atom stereocenters. The number of ether oxygens (including phenoxy) is 1. The summed E-state index contributed by atoms with van der Waals surface area (Å²) < 4.78 is 18.9. The van der Waals surface area contributed by atoms with Gasteiger partial charge in [-0.15, -0.1) is 11.3 Å². The predicted octanol–water partition coefficient (Wildman–Crippen LogP) is 5.37. The highest BCUT2D eigenvalue weighted by Gasteiger charge is 2.11. The second-order valence-electron chi connectivity index (χ2n) is 5.00. The molecule has 1 amide bonds. The maximum atomic E-state index is 13.5. The summed E-state index contributed by atoms with van der Waals surface area (Å²) in [6.45, 7) is 0.196. The normalized spacial score (nSPS) is 10.4. The Labute approximate surface area is 147 Å². The van der Waals surface area contributed by atoms with E-state index in [1.165, 1.54) is 17.4 Å². The van der Waals surface area contributed by atoms with Crippen molar-refractivity contribution < 1.29 is 13.9 Å². The molecular weight excluding hydrogens is 349 g/mol.